The Bertz CT molecular complexity index is 383. The van der Waals surface area contributed by atoms with E-state index in [2.05, 4.69) is 5.32 Å². The first-order chi connectivity index (χ1) is 7.27. The lowest BCUT2D eigenvalue weighted by Gasteiger charge is -2.06. The molecule has 0 bridgehead atoms. The highest BCUT2D eigenvalue weighted by Gasteiger charge is 2.01. The molecule has 1 aromatic rings. The number of aldehydes is 1. The van der Waals surface area contributed by atoms with E-state index in [0.717, 1.165) is 11.3 Å². The quantitative estimate of drug-likeness (QED) is 0.602. The van der Waals surface area contributed by atoms with Crippen LogP contribution >= 0.6 is 0 Å². The van der Waals surface area contributed by atoms with E-state index in [1.54, 1.807) is 19.1 Å². The molecule has 0 atom stereocenters. The standard InChI is InChI=1S/C12H13NO2/c1-2-12(15)13-11-8-4-3-6-10(11)7-5-9-14/h3-9H,2H2,1H3,(H,13,15)/b7-5+. The van der Waals surface area contributed by atoms with Crippen molar-refractivity contribution in [3.8, 4) is 0 Å². The Balaban J connectivity index is 2.90. The molecule has 1 rings (SSSR count). The second kappa shape index (κ2) is 5.75. The summed E-state index contributed by atoms with van der Waals surface area (Å²) < 4.78 is 0. The van der Waals surface area contributed by atoms with E-state index in [1.165, 1.54) is 6.08 Å². The van der Waals surface area contributed by atoms with Crippen LogP contribution in [0.2, 0.25) is 0 Å². The number of nitrogens with one attached hydrogen (secondary N) is 1. The average Bonchev–Trinajstić information content (AvgIpc) is 2.28. The van der Waals surface area contributed by atoms with Crippen LogP contribution in [-0.4, -0.2) is 12.2 Å². The van der Waals surface area contributed by atoms with Crippen molar-refractivity contribution in [2.24, 2.45) is 0 Å². The molecule has 78 valence electrons. The van der Waals surface area contributed by atoms with Crippen molar-refractivity contribution < 1.29 is 9.59 Å². The molecule has 1 aromatic carbocycles. The minimum atomic E-state index is -0.0399. The summed E-state index contributed by atoms with van der Waals surface area (Å²) in [5, 5.41) is 2.76. The topological polar surface area (TPSA) is 46.2 Å². The maximum absolute atomic E-state index is 11.2. The number of amides is 1. The zero-order valence-corrected chi connectivity index (χ0v) is 8.57. The molecule has 0 aliphatic carbocycles. The number of hydrogen-bond donors (Lipinski definition) is 1. The molecule has 3 heteroatoms. The summed E-state index contributed by atoms with van der Waals surface area (Å²) in [6.07, 6.45) is 4.21. The van der Waals surface area contributed by atoms with Gasteiger partial charge in [-0.25, -0.2) is 0 Å². The molecule has 3 nitrogen and oxygen atoms in total. The van der Waals surface area contributed by atoms with E-state index < -0.39 is 0 Å². The van der Waals surface area contributed by atoms with Crippen molar-refractivity contribution in [2.75, 3.05) is 5.32 Å². The third-order valence-electron chi connectivity index (χ3n) is 1.91. The second-order valence-electron chi connectivity index (χ2n) is 2.98. The van der Waals surface area contributed by atoms with Gasteiger partial charge in [-0.15, -0.1) is 0 Å². The predicted molar refractivity (Wildman–Crippen MR) is 60.5 cm³/mol. The fraction of sp³-hybridized carbons (Fsp3) is 0.167. The highest BCUT2D eigenvalue weighted by Crippen LogP contribution is 2.16. The highest BCUT2D eigenvalue weighted by molar-refractivity contribution is 5.93. The first-order valence-electron chi connectivity index (χ1n) is 4.78. The number of hydrogen-bond acceptors (Lipinski definition) is 2. The van der Waals surface area contributed by atoms with Crippen molar-refractivity contribution in [3.63, 3.8) is 0 Å². The molecule has 0 aromatic heterocycles. The fourth-order valence-electron chi connectivity index (χ4n) is 1.14. The summed E-state index contributed by atoms with van der Waals surface area (Å²) in [6.45, 7) is 1.79. The molecule has 1 amide bonds. The number of benzene rings is 1. The van der Waals surface area contributed by atoms with Crippen LogP contribution in [0, 0.1) is 0 Å². The molecule has 0 heterocycles. The molecule has 0 aliphatic heterocycles. The normalized spacial score (nSPS) is 10.2. The van der Waals surface area contributed by atoms with Crippen LogP contribution in [-0.2, 0) is 9.59 Å². The smallest absolute Gasteiger partial charge is 0.224 e. The predicted octanol–water partition coefficient (Wildman–Crippen LogP) is 2.25. The van der Waals surface area contributed by atoms with Gasteiger partial charge in [0, 0.05) is 12.1 Å². The van der Waals surface area contributed by atoms with E-state index in [0.29, 0.717) is 12.7 Å². The molecular weight excluding hydrogens is 190 g/mol. The summed E-state index contributed by atoms with van der Waals surface area (Å²) >= 11 is 0. The van der Waals surface area contributed by atoms with Gasteiger partial charge in [0.15, 0.2) is 0 Å². The lowest BCUT2D eigenvalue weighted by molar-refractivity contribution is -0.115. The first kappa shape index (κ1) is 11.2. The molecule has 0 aliphatic rings. The maximum atomic E-state index is 11.2. The van der Waals surface area contributed by atoms with Crippen LogP contribution in [0.4, 0.5) is 5.69 Å². The van der Waals surface area contributed by atoms with Crippen molar-refractivity contribution in [2.45, 2.75) is 13.3 Å². The van der Waals surface area contributed by atoms with Crippen LogP contribution in [0.25, 0.3) is 6.08 Å². The molecule has 15 heavy (non-hydrogen) atoms. The molecule has 0 unspecified atom stereocenters. The van der Waals surface area contributed by atoms with Crippen molar-refractivity contribution in [1.82, 2.24) is 0 Å². The number of para-hydroxylation sites is 1. The van der Waals surface area contributed by atoms with Crippen LogP contribution in [0.1, 0.15) is 18.9 Å². The SMILES string of the molecule is CCC(=O)Nc1ccccc1/C=C/C=O. The van der Waals surface area contributed by atoms with Gasteiger partial charge >= 0.3 is 0 Å². The van der Waals surface area contributed by atoms with Gasteiger partial charge < -0.3 is 5.32 Å². The number of allylic oxidation sites excluding steroid dienone is 1. The Labute approximate surface area is 88.8 Å². The zero-order valence-electron chi connectivity index (χ0n) is 8.57. The number of anilines is 1. The molecule has 0 saturated heterocycles. The molecule has 1 N–H and O–H groups in total. The van der Waals surface area contributed by atoms with E-state index in [9.17, 15) is 9.59 Å². The van der Waals surface area contributed by atoms with Crippen LogP contribution in [0.3, 0.4) is 0 Å². The lowest BCUT2D eigenvalue weighted by Crippen LogP contribution is -2.10. The Hall–Kier alpha value is -1.90. The van der Waals surface area contributed by atoms with Gasteiger partial charge in [-0.2, -0.15) is 0 Å². The van der Waals surface area contributed by atoms with E-state index in [-0.39, 0.29) is 5.91 Å². The zero-order chi connectivity index (χ0) is 11.1. The average molecular weight is 203 g/mol. The Morgan fingerprint density at radius 1 is 1.40 bits per heavy atom. The molecule has 0 spiro atoms. The number of carbonyl (C=O) groups is 2. The molecular formula is C12H13NO2. The number of rotatable bonds is 4. The van der Waals surface area contributed by atoms with E-state index in [4.69, 9.17) is 0 Å². The largest absolute Gasteiger partial charge is 0.326 e. The fourth-order valence-corrected chi connectivity index (χ4v) is 1.14. The summed E-state index contributed by atoms with van der Waals surface area (Å²) in [5.41, 5.74) is 1.55. The van der Waals surface area contributed by atoms with Gasteiger partial charge in [0.25, 0.3) is 0 Å². The van der Waals surface area contributed by atoms with Crippen LogP contribution in [0.5, 0.6) is 0 Å². The van der Waals surface area contributed by atoms with Gasteiger partial charge in [-0.3, -0.25) is 9.59 Å². The van der Waals surface area contributed by atoms with Crippen molar-refractivity contribution in [1.29, 1.82) is 0 Å². The lowest BCUT2D eigenvalue weighted by atomic mass is 10.1. The maximum Gasteiger partial charge on any atom is 0.224 e. The number of carbonyl (C=O) groups excluding carboxylic acids is 2. The van der Waals surface area contributed by atoms with Crippen LogP contribution < -0.4 is 5.32 Å². The van der Waals surface area contributed by atoms with Crippen molar-refractivity contribution in [3.05, 3.63) is 35.9 Å². The molecule has 0 fully saturated rings. The van der Waals surface area contributed by atoms with Gasteiger partial charge in [-0.1, -0.05) is 25.1 Å². The molecule has 0 radical (unpaired) electrons. The minimum absolute atomic E-state index is 0.0399. The third-order valence-corrected chi connectivity index (χ3v) is 1.91. The minimum Gasteiger partial charge on any atom is -0.326 e. The second-order valence-corrected chi connectivity index (χ2v) is 2.98. The Kier molecular flexibility index (Phi) is 4.29. The van der Waals surface area contributed by atoms with Crippen molar-refractivity contribution >= 4 is 24.0 Å². The Morgan fingerprint density at radius 2 is 2.13 bits per heavy atom. The summed E-state index contributed by atoms with van der Waals surface area (Å²) in [7, 11) is 0. The van der Waals surface area contributed by atoms with Gasteiger partial charge in [0.05, 0.1) is 0 Å². The molecule has 0 saturated carbocycles. The summed E-state index contributed by atoms with van der Waals surface area (Å²) in [4.78, 5) is 21.4. The first-order valence-corrected chi connectivity index (χ1v) is 4.78. The third kappa shape index (κ3) is 3.38. The monoisotopic (exact) mass is 203 g/mol. The van der Waals surface area contributed by atoms with E-state index in [1.807, 2.05) is 18.2 Å². The van der Waals surface area contributed by atoms with Crippen LogP contribution in [0.15, 0.2) is 30.3 Å². The van der Waals surface area contributed by atoms with Gasteiger partial charge in [0.2, 0.25) is 5.91 Å². The van der Waals surface area contributed by atoms with Gasteiger partial charge in [-0.05, 0) is 23.8 Å². The van der Waals surface area contributed by atoms with Gasteiger partial charge in [0.1, 0.15) is 6.29 Å². The highest BCUT2D eigenvalue weighted by atomic mass is 16.1. The van der Waals surface area contributed by atoms with E-state index >= 15 is 0 Å². The Morgan fingerprint density at radius 3 is 2.80 bits per heavy atom. The summed E-state index contributed by atoms with van der Waals surface area (Å²) in [5.74, 6) is -0.0399. The summed E-state index contributed by atoms with van der Waals surface area (Å²) in [6, 6.07) is 7.33.